The predicted molar refractivity (Wildman–Crippen MR) is 81.8 cm³/mol. The van der Waals surface area contributed by atoms with E-state index in [1.807, 2.05) is 0 Å². The van der Waals surface area contributed by atoms with Gasteiger partial charge in [0, 0.05) is 0 Å². The van der Waals surface area contributed by atoms with Crippen molar-refractivity contribution < 1.29 is 27.5 Å². The maximum absolute atomic E-state index is 12.6. The Hall–Kier alpha value is -1.71. The van der Waals surface area contributed by atoms with Gasteiger partial charge in [0.15, 0.2) is 11.5 Å². The first kappa shape index (κ1) is 17.6. The van der Waals surface area contributed by atoms with E-state index in [1.165, 1.54) is 26.4 Å². The molecule has 0 unspecified atom stereocenters. The van der Waals surface area contributed by atoms with Crippen molar-refractivity contribution in [3.8, 4) is 11.5 Å². The molecule has 1 aromatic rings. The van der Waals surface area contributed by atoms with E-state index in [1.54, 1.807) is 0 Å². The highest BCUT2D eigenvalue weighted by Crippen LogP contribution is 2.40. The van der Waals surface area contributed by atoms with E-state index >= 15 is 0 Å². The topological polar surface area (TPSA) is 93.2 Å². The zero-order valence-electron chi connectivity index (χ0n) is 12.1. The van der Waals surface area contributed by atoms with Gasteiger partial charge in [-0.1, -0.05) is 11.6 Å². The van der Waals surface area contributed by atoms with Crippen molar-refractivity contribution in [2.45, 2.75) is 4.90 Å². The van der Waals surface area contributed by atoms with E-state index < -0.39 is 21.4 Å². The minimum Gasteiger partial charge on any atom is -0.493 e. The minimum absolute atomic E-state index is 0.0205. The summed E-state index contributed by atoms with van der Waals surface area (Å²) in [5.41, 5.74) is 0. The van der Waals surface area contributed by atoms with Gasteiger partial charge < -0.3 is 9.47 Å². The van der Waals surface area contributed by atoms with Gasteiger partial charge >= 0.3 is 11.4 Å². The lowest BCUT2D eigenvalue weighted by Gasteiger charge is -2.19. The second-order valence-electron chi connectivity index (χ2n) is 4.38. The first-order valence-electron chi connectivity index (χ1n) is 6.19. The number of hydrogen-bond donors (Lipinski definition) is 0. The molecule has 126 valence electrons. The molecule has 1 aliphatic rings. The quantitative estimate of drug-likeness (QED) is 0.584. The van der Waals surface area contributed by atoms with E-state index in [4.69, 9.17) is 32.7 Å². The Balaban J connectivity index is 2.50. The molecule has 2 rings (SSSR count). The van der Waals surface area contributed by atoms with Gasteiger partial charge in [0.25, 0.3) is 10.0 Å². The first-order chi connectivity index (χ1) is 10.8. The molecule has 0 saturated carbocycles. The van der Waals surface area contributed by atoms with Crippen molar-refractivity contribution in [3.63, 3.8) is 0 Å². The molecule has 1 heterocycles. The molecule has 0 aliphatic carbocycles. The maximum atomic E-state index is 12.6. The normalized spacial score (nSPS) is 15.0. The number of halogens is 2. The number of benzene rings is 1. The molecular weight excluding hydrogens is 371 g/mol. The fourth-order valence-electron chi connectivity index (χ4n) is 2.09. The molecule has 8 nitrogen and oxygen atoms in total. The minimum atomic E-state index is -4.28. The van der Waals surface area contributed by atoms with E-state index in [2.05, 4.69) is 0 Å². The molecule has 11 heteroatoms. The van der Waals surface area contributed by atoms with Crippen LogP contribution in [-0.2, 0) is 10.0 Å². The van der Waals surface area contributed by atoms with Crippen LogP contribution in [0.25, 0.3) is 0 Å². The van der Waals surface area contributed by atoms with Crippen molar-refractivity contribution in [2.24, 2.45) is 0 Å². The van der Waals surface area contributed by atoms with Crippen molar-refractivity contribution >= 4 is 44.6 Å². The van der Waals surface area contributed by atoms with Crippen molar-refractivity contribution in [1.82, 2.24) is 9.21 Å². The van der Waals surface area contributed by atoms with Crippen LogP contribution < -0.4 is 9.47 Å². The van der Waals surface area contributed by atoms with Crippen LogP contribution in [0.2, 0.25) is 5.02 Å². The first-order valence-corrected chi connectivity index (χ1v) is 8.39. The fourth-order valence-corrected chi connectivity index (χ4v) is 4.20. The second kappa shape index (κ2) is 6.42. The Labute approximate surface area is 142 Å². The number of sulfonamides is 1. The molecular formula is C12H12Cl2N2O6S. The molecule has 0 aromatic heterocycles. The van der Waals surface area contributed by atoms with Crippen LogP contribution in [-0.4, -0.2) is 56.3 Å². The summed E-state index contributed by atoms with van der Waals surface area (Å²) in [6.07, 6.45) is 0. The van der Waals surface area contributed by atoms with Crippen molar-refractivity contribution in [1.29, 1.82) is 0 Å². The van der Waals surface area contributed by atoms with Crippen LogP contribution >= 0.6 is 23.2 Å². The summed E-state index contributed by atoms with van der Waals surface area (Å²) in [4.78, 5) is 23.4. The zero-order chi connectivity index (χ0) is 17.4. The van der Waals surface area contributed by atoms with Crippen LogP contribution in [0.4, 0.5) is 9.59 Å². The number of imide groups is 1. The van der Waals surface area contributed by atoms with Gasteiger partial charge in [-0.3, -0.25) is 4.79 Å². The smallest absolute Gasteiger partial charge is 0.341 e. The molecule has 1 fully saturated rings. The van der Waals surface area contributed by atoms with Crippen LogP contribution in [0.1, 0.15) is 0 Å². The van der Waals surface area contributed by atoms with E-state index in [9.17, 15) is 18.0 Å². The van der Waals surface area contributed by atoms with E-state index in [-0.39, 0.29) is 34.5 Å². The Kier molecular flexibility index (Phi) is 4.92. The number of rotatable bonds is 4. The monoisotopic (exact) mass is 382 g/mol. The zero-order valence-corrected chi connectivity index (χ0v) is 14.4. The predicted octanol–water partition coefficient (Wildman–Crippen LogP) is 2.14. The highest BCUT2D eigenvalue weighted by atomic mass is 35.5. The third-order valence-corrected chi connectivity index (χ3v) is 5.71. The molecule has 1 saturated heterocycles. The van der Waals surface area contributed by atoms with E-state index in [0.29, 0.717) is 9.21 Å². The molecule has 0 radical (unpaired) electrons. The lowest BCUT2D eigenvalue weighted by molar-refractivity contribution is 0.205. The van der Waals surface area contributed by atoms with Crippen LogP contribution in [0.3, 0.4) is 0 Å². The van der Waals surface area contributed by atoms with Gasteiger partial charge in [0.2, 0.25) is 0 Å². The molecule has 1 aliphatic heterocycles. The van der Waals surface area contributed by atoms with Gasteiger partial charge in [0.1, 0.15) is 9.92 Å². The third-order valence-electron chi connectivity index (χ3n) is 3.20. The number of amides is 3. The molecule has 0 atom stereocenters. The fraction of sp³-hybridized carbons (Fsp3) is 0.333. The summed E-state index contributed by atoms with van der Waals surface area (Å²) in [6, 6.07) is 1.51. The summed E-state index contributed by atoms with van der Waals surface area (Å²) < 4.78 is 35.9. The summed E-state index contributed by atoms with van der Waals surface area (Å²) in [6.45, 7) is -0.352. The summed E-state index contributed by atoms with van der Waals surface area (Å²) >= 11 is 11.3. The Bertz CT molecular complexity index is 767. The SMILES string of the molecule is COc1ccc(S(=O)(=O)N2CCN(C(=O)Cl)C2=O)c(Cl)c1OC. The number of nitrogens with zero attached hydrogens (tertiary/aromatic N) is 2. The number of hydrogen-bond acceptors (Lipinski definition) is 6. The largest absolute Gasteiger partial charge is 0.493 e. The second-order valence-corrected chi connectivity index (χ2v) is 6.91. The number of methoxy groups -OCH3 is 2. The van der Waals surface area contributed by atoms with Crippen molar-refractivity contribution in [3.05, 3.63) is 17.2 Å². The summed E-state index contributed by atoms with van der Waals surface area (Å²) in [7, 11) is -1.61. The average molecular weight is 383 g/mol. The van der Waals surface area contributed by atoms with Gasteiger partial charge in [-0.2, -0.15) is 0 Å². The number of carbonyl (C=O) groups is 2. The van der Waals surface area contributed by atoms with Crippen LogP contribution in [0.15, 0.2) is 17.0 Å². The van der Waals surface area contributed by atoms with Gasteiger partial charge in [-0.25, -0.2) is 22.4 Å². The lowest BCUT2D eigenvalue weighted by Crippen LogP contribution is -2.37. The summed E-state index contributed by atoms with van der Waals surface area (Å²) in [5.74, 6) is 0.258. The summed E-state index contributed by atoms with van der Waals surface area (Å²) in [5, 5.41) is -1.28. The maximum Gasteiger partial charge on any atom is 0.341 e. The Morgan fingerprint density at radius 1 is 1.22 bits per heavy atom. The van der Waals surface area contributed by atoms with Crippen molar-refractivity contribution in [2.75, 3.05) is 27.3 Å². The lowest BCUT2D eigenvalue weighted by atomic mass is 10.3. The molecule has 1 aromatic carbocycles. The van der Waals surface area contributed by atoms with Gasteiger partial charge in [-0.05, 0) is 23.7 Å². The molecule has 0 bridgehead atoms. The van der Waals surface area contributed by atoms with Gasteiger partial charge in [-0.15, -0.1) is 0 Å². The highest BCUT2D eigenvalue weighted by molar-refractivity contribution is 7.89. The number of urea groups is 1. The molecule has 3 amide bonds. The third kappa shape index (κ3) is 2.91. The van der Waals surface area contributed by atoms with Gasteiger partial charge in [0.05, 0.1) is 27.3 Å². The molecule has 0 spiro atoms. The highest BCUT2D eigenvalue weighted by Gasteiger charge is 2.41. The Morgan fingerprint density at radius 2 is 1.87 bits per heavy atom. The molecule has 23 heavy (non-hydrogen) atoms. The van der Waals surface area contributed by atoms with Crippen LogP contribution in [0.5, 0.6) is 11.5 Å². The Morgan fingerprint density at radius 3 is 2.35 bits per heavy atom. The number of carbonyl (C=O) groups excluding carboxylic acids is 2. The van der Waals surface area contributed by atoms with Crippen LogP contribution in [0, 0.1) is 0 Å². The average Bonchev–Trinajstić information content (AvgIpc) is 2.89. The molecule has 0 N–H and O–H groups in total. The number of ether oxygens (including phenoxy) is 2. The van der Waals surface area contributed by atoms with E-state index in [0.717, 1.165) is 0 Å². The standard InChI is InChI=1S/C12H12Cl2N2O6S/c1-21-7-3-4-8(9(13)10(7)22-2)23(19,20)16-6-5-15(11(14)17)12(16)18/h3-4H,5-6H2,1-2H3.